The van der Waals surface area contributed by atoms with Crippen molar-refractivity contribution in [2.75, 3.05) is 7.11 Å². The average Bonchev–Trinajstić information content (AvgIpc) is 2.91. The van der Waals surface area contributed by atoms with E-state index in [9.17, 15) is 8.42 Å². The van der Waals surface area contributed by atoms with Crippen LogP contribution in [0.15, 0.2) is 41.6 Å². The Kier molecular flexibility index (Phi) is 3.64. The van der Waals surface area contributed by atoms with E-state index in [4.69, 9.17) is 4.74 Å². The molecule has 0 radical (unpaired) electrons. The molecule has 0 bridgehead atoms. The summed E-state index contributed by atoms with van der Waals surface area (Å²) in [5.74, 6) is 0.321. The van der Waals surface area contributed by atoms with Gasteiger partial charge in [0.25, 0.3) is 10.0 Å². The van der Waals surface area contributed by atoms with Crippen LogP contribution in [-0.2, 0) is 10.0 Å². The summed E-state index contributed by atoms with van der Waals surface area (Å²) >= 11 is 0. The number of fused-ring (bicyclic) bond motifs is 1. The van der Waals surface area contributed by atoms with Gasteiger partial charge in [0, 0.05) is 0 Å². The summed E-state index contributed by atoms with van der Waals surface area (Å²) in [5, 5.41) is 0. The number of hydrogen-bond donors (Lipinski definition) is 0. The molecule has 0 amide bonds. The topological polar surface area (TPSA) is 61.2 Å². The normalized spacial score (nSPS) is 11.8. The molecule has 3 aromatic rings. The average molecular weight is 330 g/mol. The monoisotopic (exact) mass is 330 g/mol. The summed E-state index contributed by atoms with van der Waals surface area (Å²) in [6.45, 7) is 5.77. The lowest BCUT2D eigenvalue weighted by Crippen LogP contribution is -2.13. The van der Waals surface area contributed by atoms with E-state index < -0.39 is 10.0 Å². The lowest BCUT2D eigenvalue weighted by molar-refractivity contribution is 0.402. The van der Waals surface area contributed by atoms with E-state index in [1.165, 1.54) is 17.4 Å². The van der Waals surface area contributed by atoms with Gasteiger partial charge in [0.2, 0.25) is 0 Å². The molecule has 0 saturated heterocycles. The maximum absolute atomic E-state index is 13.1. The van der Waals surface area contributed by atoms with Gasteiger partial charge in [-0.3, -0.25) is 0 Å². The molecule has 3 rings (SSSR count). The van der Waals surface area contributed by atoms with Crippen molar-refractivity contribution in [3.63, 3.8) is 0 Å². The van der Waals surface area contributed by atoms with Gasteiger partial charge in [-0.2, -0.15) is 0 Å². The highest BCUT2D eigenvalue weighted by atomic mass is 32.2. The fourth-order valence-electron chi connectivity index (χ4n) is 2.53. The second kappa shape index (κ2) is 5.38. The Bertz CT molecular complexity index is 1000. The van der Waals surface area contributed by atoms with Gasteiger partial charge in [-0.05, 0) is 61.7 Å². The van der Waals surface area contributed by atoms with Crippen LogP contribution >= 0.6 is 0 Å². The van der Waals surface area contributed by atoms with E-state index in [0.717, 1.165) is 16.7 Å². The number of rotatable bonds is 3. The fourth-order valence-corrected chi connectivity index (χ4v) is 4.05. The quantitative estimate of drug-likeness (QED) is 0.740. The van der Waals surface area contributed by atoms with Gasteiger partial charge in [-0.25, -0.2) is 17.4 Å². The Labute approximate surface area is 135 Å². The SMILES string of the molecule is COc1ccc(C)cc1S(=O)(=O)n1cnc2cc(C)c(C)cc21. The van der Waals surface area contributed by atoms with Crippen LogP contribution in [0.25, 0.3) is 11.0 Å². The molecule has 6 heteroatoms. The van der Waals surface area contributed by atoms with E-state index in [0.29, 0.717) is 16.8 Å². The van der Waals surface area contributed by atoms with E-state index in [2.05, 4.69) is 4.98 Å². The molecule has 0 unspecified atom stereocenters. The van der Waals surface area contributed by atoms with Crippen molar-refractivity contribution in [2.45, 2.75) is 25.7 Å². The number of benzene rings is 2. The van der Waals surface area contributed by atoms with Crippen LogP contribution < -0.4 is 4.74 Å². The molecule has 2 aromatic carbocycles. The van der Waals surface area contributed by atoms with Crippen LogP contribution in [0.4, 0.5) is 0 Å². The van der Waals surface area contributed by atoms with Crippen LogP contribution in [-0.4, -0.2) is 24.5 Å². The van der Waals surface area contributed by atoms with Gasteiger partial charge >= 0.3 is 0 Å². The first-order valence-electron chi connectivity index (χ1n) is 7.19. The predicted molar refractivity (Wildman–Crippen MR) is 89.5 cm³/mol. The van der Waals surface area contributed by atoms with Crippen molar-refractivity contribution >= 4 is 21.1 Å². The van der Waals surface area contributed by atoms with Crippen molar-refractivity contribution in [2.24, 2.45) is 0 Å². The van der Waals surface area contributed by atoms with Crippen LogP contribution in [0.5, 0.6) is 5.75 Å². The first-order valence-corrected chi connectivity index (χ1v) is 8.63. The zero-order valence-electron chi connectivity index (χ0n) is 13.5. The summed E-state index contributed by atoms with van der Waals surface area (Å²) in [5.41, 5.74) is 4.17. The number of methoxy groups -OCH3 is 1. The van der Waals surface area contributed by atoms with Crippen molar-refractivity contribution in [1.29, 1.82) is 0 Å². The number of hydrogen-bond acceptors (Lipinski definition) is 4. The molecule has 0 aliphatic heterocycles. The molecule has 5 nitrogen and oxygen atoms in total. The second-order valence-corrected chi connectivity index (χ2v) is 7.41. The number of nitrogens with zero attached hydrogens (tertiary/aromatic N) is 2. The fraction of sp³-hybridized carbons (Fsp3) is 0.235. The molecular formula is C17H18N2O3S. The van der Waals surface area contributed by atoms with Crippen molar-refractivity contribution in [1.82, 2.24) is 8.96 Å². The Morgan fingerprint density at radius 1 is 1.04 bits per heavy atom. The number of aryl methyl sites for hydroxylation is 3. The maximum atomic E-state index is 13.1. The minimum Gasteiger partial charge on any atom is -0.495 e. The third-order valence-corrected chi connectivity index (χ3v) is 5.67. The highest BCUT2D eigenvalue weighted by Crippen LogP contribution is 2.29. The molecule has 23 heavy (non-hydrogen) atoms. The molecule has 0 aliphatic carbocycles. The largest absolute Gasteiger partial charge is 0.495 e. The molecule has 0 aliphatic rings. The smallest absolute Gasteiger partial charge is 0.273 e. The van der Waals surface area contributed by atoms with Crippen LogP contribution in [0.3, 0.4) is 0 Å². The highest BCUT2D eigenvalue weighted by Gasteiger charge is 2.24. The zero-order valence-corrected chi connectivity index (χ0v) is 14.3. The second-order valence-electron chi connectivity index (χ2n) is 5.62. The molecule has 0 atom stereocenters. The van der Waals surface area contributed by atoms with Gasteiger partial charge < -0.3 is 4.74 Å². The van der Waals surface area contributed by atoms with E-state index in [1.54, 1.807) is 12.1 Å². The molecule has 0 fully saturated rings. The Hall–Kier alpha value is -2.34. The molecule has 120 valence electrons. The highest BCUT2D eigenvalue weighted by molar-refractivity contribution is 7.90. The van der Waals surface area contributed by atoms with Crippen LogP contribution in [0, 0.1) is 20.8 Å². The van der Waals surface area contributed by atoms with Crippen molar-refractivity contribution in [3.8, 4) is 5.75 Å². The van der Waals surface area contributed by atoms with Crippen LogP contribution in [0.1, 0.15) is 16.7 Å². The van der Waals surface area contributed by atoms with Gasteiger partial charge in [0.15, 0.2) is 0 Å². The Morgan fingerprint density at radius 2 is 1.74 bits per heavy atom. The number of aromatic nitrogens is 2. The minimum absolute atomic E-state index is 0.137. The standard InChI is InChI=1S/C17H18N2O3S/c1-11-5-6-16(22-4)17(7-11)23(20,21)19-10-18-14-8-12(2)13(3)9-15(14)19/h5-10H,1-4H3. The first kappa shape index (κ1) is 15.6. The zero-order chi connectivity index (χ0) is 16.8. The molecular weight excluding hydrogens is 312 g/mol. The Morgan fingerprint density at radius 3 is 2.43 bits per heavy atom. The maximum Gasteiger partial charge on any atom is 0.273 e. The van der Waals surface area contributed by atoms with Crippen molar-refractivity contribution in [3.05, 3.63) is 53.3 Å². The summed E-state index contributed by atoms with van der Waals surface area (Å²) in [6, 6.07) is 8.83. The lowest BCUT2D eigenvalue weighted by Gasteiger charge is -2.12. The van der Waals surface area contributed by atoms with Gasteiger partial charge in [-0.15, -0.1) is 0 Å². The summed E-state index contributed by atoms with van der Waals surface area (Å²) in [6.07, 6.45) is 1.35. The first-order chi connectivity index (χ1) is 10.8. The molecule has 1 aromatic heterocycles. The molecule has 0 spiro atoms. The predicted octanol–water partition coefficient (Wildman–Crippen LogP) is 3.21. The van der Waals surface area contributed by atoms with E-state index in [1.807, 2.05) is 39.0 Å². The van der Waals surface area contributed by atoms with Gasteiger partial charge in [0.05, 0.1) is 18.1 Å². The molecule has 0 N–H and O–H groups in total. The summed E-state index contributed by atoms with van der Waals surface area (Å²) in [4.78, 5) is 4.37. The minimum atomic E-state index is -3.79. The molecule has 1 heterocycles. The number of ether oxygens (including phenoxy) is 1. The van der Waals surface area contributed by atoms with Gasteiger partial charge in [-0.1, -0.05) is 6.07 Å². The molecule has 0 saturated carbocycles. The van der Waals surface area contributed by atoms with E-state index in [-0.39, 0.29) is 4.90 Å². The summed E-state index contributed by atoms with van der Waals surface area (Å²) in [7, 11) is -2.33. The van der Waals surface area contributed by atoms with Gasteiger partial charge in [0.1, 0.15) is 17.0 Å². The number of imidazole rings is 1. The van der Waals surface area contributed by atoms with Crippen LogP contribution in [0.2, 0.25) is 0 Å². The third kappa shape index (κ3) is 2.49. The Balaban J connectivity index is 2.29. The lowest BCUT2D eigenvalue weighted by atomic mass is 10.1. The van der Waals surface area contributed by atoms with Crippen molar-refractivity contribution < 1.29 is 13.2 Å². The third-order valence-electron chi connectivity index (χ3n) is 3.99. The van der Waals surface area contributed by atoms with E-state index >= 15 is 0 Å². The summed E-state index contributed by atoms with van der Waals surface area (Å²) < 4.78 is 32.6.